The fourth-order valence-corrected chi connectivity index (χ4v) is 5.30. The zero-order chi connectivity index (χ0) is 29.8. The summed E-state index contributed by atoms with van der Waals surface area (Å²) in [6.45, 7) is 22.1. The molecular weight excluding hydrogens is 480 g/mol. The molecule has 0 saturated carbocycles. The van der Waals surface area contributed by atoms with Gasteiger partial charge >= 0.3 is 0 Å². The molecule has 0 nitrogen and oxygen atoms in total. The monoisotopic (exact) mass is 530 g/mol. The topological polar surface area (TPSA) is 0 Å². The van der Waals surface area contributed by atoms with E-state index in [0.29, 0.717) is 0 Å². The van der Waals surface area contributed by atoms with Gasteiger partial charge < -0.3 is 0 Å². The molecule has 210 valence electrons. The molecule has 0 amide bonds. The van der Waals surface area contributed by atoms with E-state index in [-0.39, 0.29) is 10.8 Å². The minimum absolute atomic E-state index is 0.244. The lowest BCUT2D eigenvalue weighted by Gasteiger charge is -2.32. The lowest BCUT2D eigenvalue weighted by molar-refractivity contribution is 0.377. The molecule has 2 aliphatic carbocycles. The van der Waals surface area contributed by atoms with Crippen molar-refractivity contribution in [2.45, 2.75) is 108 Å². The molecule has 0 spiro atoms. The maximum Gasteiger partial charge on any atom is 0.0303 e. The summed E-state index contributed by atoms with van der Waals surface area (Å²) in [5.41, 5.74) is 10.7. The first-order valence-corrected chi connectivity index (χ1v) is 14.8. The summed E-state index contributed by atoms with van der Waals surface area (Å²) in [6, 6.07) is 0. The lowest BCUT2D eigenvalue weighted by atomic mass is 9.72. The van der Waals surface area contributed by atoms with E-state index in [9.17, 15) is 0 Å². The van der Waals surface area contributed by atoms with Crippen LogP contribution >= 0.6 is 0 Å². The minimum atomic E-state index is 0.244. The van der Waals surface area contributed by atoms with Crippen molar-refractivity contribution in [1.82, 2.24) is 0 Å². The Hall–Kier alpha value is -3.40. The van der Waals surface area contributed by atoms with Crippen LogP contribution in [0.4, 0.5) is 0 Å². The maximum absolute atomic E-state index is 3.28. The van der Waals surface area contributed by atoms with Crippen molar-refractivity contribution in [3.05, 3.63) is 93.2 Å². The van der Waals surface area contributed by atoms with E-state index in [1.807, 2.05) is 32.1 Å². The summed E-state index contributed by atoms with van der Waals surface area (Å²) in [6.07, 6.45) is 24.0. The summed E-state index contributed by atoms with van der Waals surface area (Å²) >= 11 is 0. The van der Waals surface area contributed by atoms with Gasteiger partial charge in [-0.2, -0.15) is 0 Å². The van der Waals surface area contributed by atoms with Gasteiger partial charge in [-0.15, -0.1) is 0 Å². The highest BCUT2D eigenvalue weighted by Gasteiger charge is 2.27. The van der Waals surface area contributed by atoms with Crippen LogP contribution in [-0.2, 0) is 0 Å². The Balaban J connectivity index is 1.93. The Labute approximate surface area is 246 Å². The minimum Gasteiger partial charge on any atom is -0.0938 e. The Bertz CT molecular complexity index is 1380. The normalized spacial score (nSPS) is 20.8. The molecule has 2 aliphatic rings. The maximum atomic E-state index is 3.28. The Morgan fingerprint density at radius 2 is 1.52 bits per heavy atom. The van der Waals surface area contributed by atoms with E-state index < -0.39 is 0 Å². The predicted molar refractivity (Wildman–Crippen MR) is 177 cm³/mol. The molecule has 0 aromatic carbocycles. The van der Waals surface area contributed by atoms with Crippen molar-refractivity contribution in [2.24, 2.45) is 10.8 Å². The summed E-state index contributed by atoms with van der Waals surface area (Å²) in [4.78, 5) is 0. The first-order chi connectivity index (χ1) is 18.8. The lowest BCUT2D eigenvalue weighted by Crippen LogP contribution is -2.19. The zero-order valence-corrected chi connectivity index (χ0v) is 26.9. The van der Waals surface area contributed by atoms with Crippen molar-refractivity contribution in [3.63, 3.8) is 0 Å². The third-order valence-corrected chi connectivity index (χ3v) is 7.85. The Kier molecular flexibility index (Phi) is 12.6. The fourth-order valence-electron chi connectivity index (χ4n) is 5.30. The number of allylic oxidation sites excluding steroid dienone is 16. The van der Waals surface area contributed by atoms with E-state index in [1.54, 1.807) is 0 Å². The van der Waals surface area contributed by atoms with Crippen LogP contribution in [0.5, 0.6) is 0 Å². The molecule has 2 rings (SSSR count). The second-order valence-corrected chi connectivity index (χ2v) is 12.7. The third kappa shape index (κ3) is 11.0. The zero-order valence-electron chi connectivity index (χ0n) is 26.9. The molecule has 0 heterocycles. The molecular formula is C40H50. The van der Waals surface area contributed by atoms with Crippen molar-refractivity contribution in [1.29, 1.82) is 0 Å². The quantitative estimate of drug-likeness (QED) is 0.250. The van der Waals surface area contributed by atoms with E-state index in [4.69, 9.17) is 0 Å². The molecule has 0 aliphatic heterocycles. The van der Waals surface area contributed by atoms with Gasteiger partial charge in [0, 0.05) is 17.6 Å². The van der Waals surface area contributed by atoms with E-state index in [1.165, 1.54) is 60.0 Å². The highest BCUT2D eigenvalue weighted by molar-refractivity contribution is 5.43. The first-order valence-electron chi connectivity index (χ1n) is 14.8. The molecule has 0 fully saturated rings. The molecule has 0 saturated heterocycles. The summed E-state index contributed by atoms with van der Waals surface area (Å²) in [7, 11) is 0. The van der Waals surface area contributed by atoms with Gasteiger partial charge in [-0.1, -0.05) is 110 Å². The predicted octanol–water partition coefficient (Wildman–Crippen LogP) is 10.9. The first kappa shape index (κ1) is 32.8. The summed E-state index contributed by atoms with van der Waals surface area (Å²) in [5, 5.41) is 0. The fraction of sp³-hybridized carbons (Fsp3) is 0.450. The Morgan fingerprint density at radius 3 is 2.17 bits per heavy atom. The molecule has 0 radical (unpaired) electrons. The summed E-state index contributed by atoms with van der Waals surface area (Å²) < 4.78 is 0. The summed E-state index contributed by atoms with van der Waals surface area (Å²) in [5.74, 6) is 19.0. The van der Waals surface area contributed by atoms with Crippen LogP contribution in [0.25, 0.3) is 0 Å². The standard InChI is InChI=1S/C40H50/c1-31(19-13-21-33(3)25-27-37-35(5)23-15-29-39(37,7)8)17-11-12-18-32(2)20-14-22-34(4)26-28-38-36(6)24-16-30-40(38,9)10/h17-18,21,24-28H,15-16,22-23,29-30H2,1-10H3/b27-25+,31-17+,32-18+,33-21+,34-26+,38-28+. The number of rotatable bonds is 4. The highest BCUT2D eigenvalue weighted by Crippen LogP contribution is 2.41. The van der Waals surface area contributed by atoms with Crippen LogP contribution < -0.4 is 0 Å². The Morgan fingerprint density at radius 1 is 0.850 bits per heavy atom. The van der Waals surface area contributed by atoms with Crippen LogP contribution in [0, 0.1) is 46.4 Å². The van der Waals surface area contributed by atoms with Crippen molar-refractivity contribution in [3.8, 4) is 35.5 Å². The van der Waals surface area contributed by atoms with Crippen molar-refractivity contribution < 1.29 is 0 Å². The molecule has 0 heteroatoms. The molecule has 0 bridgehead atoms. The largest absolute Gasteiger partial charge is 0.0938 e. The van der Waals surface area contributed by atoms with Crippen LogP contribution in [0.1, 0.15) is 108 Å². The smallest absolute Gasteiger partial charge is 0.0303 e. The van der Waals surface area contributed by atoms with E-state index in [0.717, 1.165) is 23.1 Å². The molecule has 40 heavy (non-hydrogen) atoms. The van der Waals surface area contributed by atoms with E-state index >= 15 is 0 Å². The van der Waals surface area contributed by atoms with Gasteiger partial charge in [0.15, 0.2) is 0 Å². The van der Waals surface area contributed by atoms with Gasteiger partial charge in [-0.05, 0) is 119 Å². The van der Waals surface area contributed by atoms with E-state index in [2.05, 4.69) is 121 Å². The van der Waals surface area contributed by atoms with Crippen LogP contribution in [-0.4, -0.2) is 0 Å². The van der Waals surface area contributed by atoms with Crippen LogP contribution in [0.2, 0.25) is 0 Å². The molecule has 0 unspecified atom stereocenters. The second-order valence-electron chi connectivity index (χ2n) is 12.7. The van der Waals surface area contributed by atoms with Crippen LogP contribution in [0.15, 0.2) is 93.2 Å². The van der Waals surface area contributed by atoms with Gasteiger partial charge in [-0.25, -0.2) is 0 Å². The number of hydrogen-bond donors (Lipinski definition) is 0. The molecule has 0 aromatic heterocycles. The van der Waals surface area contributed by atoms with Crippen molar-refractivity contribution >= 4 is 0 Å². The van der Waals surface area contributed by atoms with Crippen molar-refractivity contribution in [2.75, 3.05) is 0 Å². The highest BCUT2D eigenvalue weighted by atomic mass is 14.3. The molecule has 0 atom stereocenters. The average Bonchev–Trinajstić information content (AvgIpc) is 2.85. The third-order valence-electron chi connectivity index (χ3n) is 7.85. The van der Waals surface area contributed by atoms with Gasteiger partial charge in [-0.3, -0.25) is 0 Å². The molecule has 0 aromatic rings. The van der Waals surface area contributed by atoms with Gasteiger partial charge in [0.1, 0.15) is 0 Å². The average molecular weight is 531 g/mol. The van der Waals surface area contributed by atoms with Gasteiger partial charge in [0.25, 0.3) is 0 Å². The van der Waals surface area contributed by atoms with Gasteiger partial charge in [0.2, 0.25) is 0 Å². The van der Waals surface area contributed by atoms with Crippen LogP contribution in [0.3, 0.4) is 0 Å². The SMILES string of the molecule is CC1=CCCC(C)(C)/C1=C/C=C(\C)CC#C/C(C)=C/C#C/C=C(\C)C#C/C=C(C)/C=C/C1=C(C)CCCC1(C)C. The second kappa shape index (κ2) is 15.4. The van der Waals surface area contributed by atoms with Gasteiger partial charge in [0.05, 0.1) is 0 Å². The number of hydrogen-bond acceptors (Lipinski definition) is 0. The molecule has 0 N–H and O–H groups in total.